The maximum atomic E-state index is 13.1. The number of aromatic nitrogens is 1. The number of fused-ring (bicyclic) bond motifs is 1. The molecule has 0 fully saturated rings. The number of benzene rings is 2. The first kappa shape index (κ1) is 17.9. The van der Waals surface area contributed by atoms with Crippen LogP contribution < -0.4 is 10.9 Å². The standard InChI is InChI=1S/C21H21FN2O2/c1-14-5-7-16-13-17(21(26)24-19(16)11-14)9-10-23-20(25)8-6-15-3-2-4-18(22)12-15/h2-5,7,11-13H,6,8-10H2,1H3,(H,23,25)(H,24,26). The first-order valence-electron chi connectivity index (χ1n) is 8.65. The predicted molar refractivity (Wildman–Crippen MR) is 101 cm³/mol. The van der Waals surface area contributed by atoms with E-state index in [1.807, 2.05) is 31.2 Å². The number of pyridine rings is 1. The van der Waals surface area contributed by atoms with Gasteiger partial charge in [-0.3, -0.25) is 9.59 Å². The largest absolute Gasteiger partial charge is 0.356 e. The highest BCUT2D eigenvalue weighted by Gasteiger charge is 2.06. The Morgan fingerprint density at radius 3 is 2.77 bits per heavy atom. The van der Waals surface area contributed by atoms with E-state index in [2.05, 4.69) is 10.3 Å². The fraction of sp³-hybridized carbons (Fsp3) is 0.238. The molecule has 3 rings (SSSR count). The van der Waals surface area contributed by atoms with E-state index >= 15 is 0 Å². The smallest absolute Gasteiger partial charge is 0.251 e. The fourth-order valence-corrected chi connectivity index (χ4v) is 2.92. The van der Waals surface area contributed by atoms with Crippen molar-refractivity contribution in [3.8, 4) is 0 Å². The van der Waals surface area contributed by atoms with Crippen LogP contribution in [0.5, 0.6) is 0 Å². The summed E-state index contributed by atoms with van der Waals surface area (Å²) in [5, 5.41) is 3.79. The van der Waals surface area contributed by atoms with Gasteiger partial charge in [0.15, 0.2) is 0 Å². The number of rotatable bonds is 6. The van der Waals surface area contributed by atoms with Gasteiger partial charge in [-0.2, -0.15) is 0 Å². The molecule has 2 N–H and O–H groups in total. The molecule has 5 heteroatoms. The first-order chi connectivity index (χ1) is 12.5. The molecule has 0 spiro atoms. The Balaban J connectivity index is 1.53. The zero-order valence-corrected chi connectivity index (χ0v) is 14.6. The van der Waals surface area contributed by atoms with E-state index in [4.69, 9.17) is 0 Å². The van der Waals surface area contributed by atoms with E-state index in [-0.39, 0.29) is 23.7 Å². The Labute approximate surface area is 151 Å². The van der Waals surface area contributed by atoms with Crippen molar-refractivity contribution in [3.63, 3.8) is 0 Å². The maximum absolute atomic E-state index is 13.1. The third-order valence-electron chi connectivity index (χ3n) is 4.32. The summed E-state index contributed by atoms with van der Waals surface area (Å²) in [5.74, 6) is -0.407. The molecule has 0 saturated heterocycles. The first-order valence-corrected chi connectivity index (χ1v) is 8.65. The number of hydrogen-bond acceptors (Lipinski definition) is 2. The second-order valence-electron chi connectivity index (χ2n) is 6.44. The summed E-state index contributed by atoms with van der Waals surface area (Å²) in [7, 11) is 0. The Morgan fingerprint density at radius 2 is 1.96 bits per heavy atom. The van der Waals surface area contributed by atoms with Gasteiger partial charge in [0.2, 0.25) is 5.91 Å². The number of halogens is 1. The van der Waals surface area contributed by atoms with E-state index in [9.17, 15) is 14.0 Å². The van der Waals surface area contributed by atoms with Crippen molar-refractivity contribution in [3.05, 3.63) is 81.4 Å². The lowest BCUT2D eigenvalue weighted by molar-refractivity contribution is -0.121. The normalized spacial score (nSPS) is 10.8. The molecule has 134 valence electrons. The molecule has 26 heavy (non-hydrogen) atoms. The minimum absolute atomic E-state index is 0.109. The van der Waals surface area contributed by atoms with Crippen molar-refractivity contribution in [2.24, 2.45) is 0 Å². The number of aromatic amines is 1. The summed E-state index contributed by atoms with van der Waals surface area (Å²) < 4.78 is 13.1. The quantitative estimate of drug-likeness (QED) is 0.715. The summed E-state index contributed by atoms with van der Waals surface area (Å²) in [4.78, 5) is 27.0. The van der Waals surface area contributed by atoms with Gasteiger partial charge in [0.1, 0.15) is 5.82 Å². The lowest BCUT2D eigenvalue weighted by Crippen LogP contribution is -2.27. The van der Waals surface area contributed by atoms with Gasteiger partial charge in [-0.1, -0.05) is 24.3 Å². The van der Waals surface area contributed by atoms with Crippen LogP contribution in [0.3, 0.4) is 0 Å². The Bertz CT molecular complexity index is 995. The summed E-state index contributed by atoms with van der Waals surface area (Å²) in [6, 6.07) is 14.0. The van der Waals surface area contributed by atoms with Crippen LogP contribution >= 0.6 is 0 Å². The molecule has 0 bridgehead atoms. The molecule has 4 nitrogen and oxygen atoms in total. The topological polar surface area (TPSA) is 62.0 Å². The minimum atomic E-state index is -0.298. The molecule has 0 saturated carbocycles. The Morgan fingerprint density at radius 1 is 1.12 bits per heavy atom. The molecule has 0 aliphatic rings. The van der Waals surface area contributed by atoms with E-state index in [0.717, 1.165) is 22.0 Å². The summed E-state index contributed by atoms with van der Waals surface area (Å²) in [6.07, 6.45) is 1.24. The number of H-pyrrole nitrogens is 1. The second kappa shape index (κ2) is 7.95. The van der Waals surface area contributed by atoms with Crippen LogP contribution in [0.15, 0.2) is 53.3 Å². The SMILES string of the molecule is Cc1ccc2cc(CCNC(=O)CCc3cccc(F)c3)c(=O)[nH]c2c1. The average molecular weight is 352 g/mol. The number of aryl methyl sites for hydroxylation is 2. The molecule has 0 radical (unpaired) electrons. The van der Waals surface area contributed by atoms with Crippen molar-refractivity contribution in [2.45, 2.75) is 26.2 Å². The Hall–Kier alpha value is -2.95. The summed E-state index contributed by atoms with van der Waals surface area (Å²) >= 11 is 0. The minimum Gasteiger partial charge on any atom is -0.356 e. The van der Waals surface area contributed by atoms with Gasteiger partial charge < -0.3 is 10.3 Å². The van der Waals surface area contributed by atoms with E-state index in [1.165, 1.54) is 12.1 Å². The molecule has 0 aliphatic heterocycles. The van der Waals surface area contributed by atoms with Crippen molar-refractivity contribution in [1.29, 1.82) is 0 Å². The van der Waals surface area contributed by atoms with Gasteiger partial charge in [0.25, 0.3) is 5.56 Å². The van der Waals surface area contributed by atoms with Gasteiger partial charge in [0, 0.05) is 24.0 Å². The van der Waals surface area contributed by atoms with Crippen LogP contribution in [-0.4, -0.2) is 17.4 Å². The predicted octanol–water partition coefficient (Wildman–Crippen LogP) is 3.27. The van der Waals surface area contributed by atoms with Crippen LogP contribution in [0, 0.1) is 12.7 Å². The lowest BCUT2D eigenvalue weighted by Gasteiger charge is -2.07. The molecule has 0 atom stereocenters. The highest BCUT2D eigenvalue weighted by Crippen LogP contribution is 2.13. The van der Waals surface area contributed by atoms with Gasteiger partial charge in [-0.25, -0.2) is 4.39 Å². The molecular formula is C21H21FN2O2. The molecule has 3 aromatic rings. The molecule has 0 unspecified atom stereocenters. The van der Waals surface area contributed by atoms with Crippen molar-refractivity contribution < 1.29 is 9.18 Å². The molecule has 1 aromatic heterocycles. The average Bonchev–Trinajstić information content (AvgIpc) is 2.60. The van der Waals surface area contributed by atoms with E-state index in [1.54, 1.807) is 12.1 Å². The Kier molecular flexibility index (Phi) is 5.46. The van der Waals surface area contributed by atoms with Gasteiger partial charge in [0.05, 0.1) is 0 Å². The second-order valence-corrected chi connectivity index (χ2v) is 6.44. The summed E-state index contributed by atoms with van der Waals surface area (Å²) in [6.45, 7) is 2.37. The number of carbonyl (C=O) groups is 1. The van der Waals surface area contributed by atoms with Crippen LogP contribution in [0.1, 0.15) is 23.1 Å². The number of hydrogen-bond donors (Lipinski definition) is 2. The third kappa shape index (κ3) is 4.57. The number of nitrogens with one attached hydrogen (secondary N) is 2. The zero-order valence-electron chi connectivity index (χ0n) is 14.6. The van der Waals surface area contributed by atoms with Crippen LogP contribution in [0.4, 0.5) is 4.39 Å². The van der Waals surface area contributed by atoms with Gasteiger partial charge in [-0.05, 0) is 60.5 Å². The van der Waals surface area contributed by atoms with Crippen molar-refractivity contribution in [1.82, 2.24) is 10.3 Å². The van der Waals surface area contributed by atoms with Crippen LogP contribution in [-0.2, 0) is 17.6 Å². The maximum Gasteiger partial charge on any atom is 0.251 e. The number of carbonyl (C=O) groups excluding carboxylic acids is 1. The fourth-order valence-electron chi connectivity index (χ4n) is 2.92. The van der Waals surface area contributed by atoms with Crippen molar-refractivity contribution in [2.75, 3.05) is 6.54 Å². The van der Waals surface area contributed by atoms with E-state index in [0.29, 0.717) is 24.9 Å². The monoisotopic (exact) mass is 352 g/mol. The molecular weight excluding hydrogens is 331 g/mol. The molecule has 2 aromatic carbocycles. The van der Waals surface area contributed by atoms with Gasteiger partial charge >= 0.3 is 0 Å². The van der Waals surface area contributed by atoms with Gasteiger partial charge in [-0.15, -0.1) is 0 Å². The van der Waals surface area contributed by atoms with E-state index < -0.39 is 0 Å². The number of amides is 1. The summed E-state index contributed by atoms with van der Waals surface area (Å²) in [5.41, 5.74) is 3.22. The van der Waals surface area contributed by atoms with Crippen LogP contribution in [0.25, 0.3) is 10.9 Å². The lowest BCUT2D eigenvalue weighted by atomic mass is 10.1. The molecule has 1 heterocycles. The van der Waals surface area contributed by atoms with Crippen molar-refractivity contribution >= 4 is 16.8 Å². The highest BCUT2D eigenvalue weighted by atomic mass is 19.1. The highest BCUT2D eigenvalue weighted by molar-refractivity contribution is 5.79. The molecule has 1 amide bonds. The zero-order chi connectivity index (χ0) is 18.5. The third-order valence-corrected chi connectivity index (χ3v) is 4.32. The van der Waals surface area contributed by atoms with Crippen LogP contribution in [0.2, 0.25) is 0 Å². The molecule has 0 aliphatic carbocycles.